The molecule has 1 fully saturated rings. The summed E-state index contributed by atoms with van der Waals surface area (Å²) in [5.74, 6) is -0.620. The van der Waals surface area contributed by atoms with Crippen LogP contribution in [0.4, 0.5) is 5.69 Å². The van der Waals surface area contributed by atoms with Gasteiger partial charge in [-0.15, -0.1) is 0 Å². The van der Waals surface area contributed by atoms with Gasteiger partial charge in [0.2, 0.25) is 0 Å². The lowest BCUT2D eigenvalue weighted by Gasteiger charge is -2.28. The van der Waals surface area contributed by atoms with E-state index in [0.29, 0.717) is 18.0 Å². The Hall–Kier alpha value is -2.80. The molecule has 2 amide bonds. The number of aryl methyl sites for hydroxylation is 1. The van der Waals surface area contributed by atoms with Crippen LogP contribution in [-0.4, -0.2) is 48.0 Å². The number of carbonyl (C=O) groups is 2. The van der Waals surface area contributed by atoms with Gasteiger partial charge in [-0.05, 0) is 62.3 Å². The van der Waals surface area contributed by atoms with E-state index >= 15 is 0 Å². The molecule has 3 rings (SSSR count). The molecule has 1 unspecified atom stereocenters. The van der Waals surface area contributed by atoms with Crippen LogP contribution in [0.2, 0.25) is 0 Å². The summed E-state index contributed by atoms with van der Waals surface area (Å²) in [6, 6.07) is 11.0. The number of aromatic nitrogens is 1. The highest BCUT2D eigenvalue weighted by atomic mass is 16.5. The Bertz CT molecular complexity index is 779. The average Bonchev–Trinajstić information content (AvgIpc) is 3.35. The van der Waals surface area contributed by atoms with Crippen molar-refractivity contribution in [3.63, 3.8) is 0 Å². The van der Waals surface area contributed by atoms with E-state index < -0.39 is 11.8 Å². The number of rotatable bonds is 6. The first-order valence-electron chi connectivity index (χ1n) is 9.17. The van der Waals surface area contributed by atoms with Crippen molar-refractivity contribution in [1.82, 2.24) is 14.8 Å². The van der Waals surface area contributed by atoms with E-state index in [2.05, 4.69) is 26.2 Å². The number of ether oxygens (including phenoxy) is 1. The molecule has 144 valence electrons. The zero-order valence-electron chi connectivity index (χ0n) is 15.8. The van der Waals surface area contributed by atoms with Gasteiger partial charge in [-0.25, -0.2) is 0 Å². The standard InChI is InChI=1S/C20H26N4O3/c1-23-11-5-6-17(23)18(24-12-3-4-13-24)14-21-19(25)20(26)22-15-7-9-16(27-2)10-8-15/h5-11,18H,3-4,12-14H2,1-2H3,(H,21,25)(H,22,26). The van der Waals surface area contributed by atoms with Gasteiger partial charge in [0, 0.05) is 31.2 Å². The molecule has 0 saturated carbocycles. The lowest BCUT2D eigenvalue weighted by Crippen LogP contribution is -2.41. The van der Waals surface area contributed by atoms with Crippen LogP contribution in [0.15, 0.2) is 42.6 Å². The molecule has 2 heterocycles. The minimum absolute atomic E-state index is 0.0604. The van der Waals surface area contributed by atoms with Crippen LogP contribution in [-0.2, 0) is 16.6 Å². The fourth-order valence-corrected chi connectivity index (χ4v) is 3.43. The SMILES string of the molecule is COc1ccc(NC(=O)C(=O)NCC(c2cccn2C)N2CCCC2)cc1. The quantitative estimate of drug-likeness (QED) is 0.762. The fourth-order valence-electron chi connectivity index (χ4n) is 3.43. The van der Waals surface area contributed by atoms with Crippen molar-refractivity contribution in [1.29, 1.82) is 0 Å². The fraction of sp³-hybridized carbons (Fsp3) is 0.400. The van der Waals surface area contributed by atoms with Crippen LogP contribution in [0.1, 0.15) is 24.6 Å². The van der Waals surface area contributed by atoms with E-state index in [1.54, 1.807) is 31.4 Å². The Morgan fingerprint density at radius 3 is 2.41 bits per heavy atom. The predicted molar refractivity (Wildman–Crippen MR) is 104 cm³/mol. The number of hydrogen-bond donors (Lipinski definition) is 2. The highest BCUT2D eigenvalue weighted by Crippen LogP contribution is 2.24. The summed E-state index contributed by atoms with van der Waals surface area (Å²) in [4.78, 5) is 26.8. The molecule has 1 aliphatic rings. The summed E-state index contributed by atoms with van der Waals surface area (Å²) in [5, 5.41) is 5.39. The third-order valence-corrected chi connectivity index (χ3v) is 4.92. The number of amides is 2. The molecule has 1 aromatic carbocycles. The Kier molecular flexibility index (Phi) is 6.13. The van der Waals surface area contributed by atoms with Gasteiger partial charge in [0.25, 0.3) is 0 Å². The molecule has 1 atom stereocenters. The third-order valence-electron chi connectivity index (χ3n) is 4.92. The zero-order valence-corrected chi connectivity index (χ0v) is 15.8. The van der Waals surface area contributed by atoms with Gasteiger partial charge in [-0.2, -0.15) is 0 Å². The highest BCUT2D eigenvalue weighted by Gasteiger charge is 2.26. The lowest BCUT2D eigenvalue weighted by atomic mass is 10.1. The van der Waals surface area contributed by atoms with Crippen molar-refractivity contribution in [2.24, 2.45) is 7.05 Å². The number of hydrogen-bond acceptors (Lipinski definition) is 4. The van der Waals surface area contributed by atoms with Crippen molar-refractivity contribution < 1.29 is 14.3 Å². The van der Waals surface area contributed by atoms with Crippen molar-refractivity contribution in [3.05, 3.63) is 48.3 Å². The maximum absolute atomic E-state index is 12.3. The summed E-state index contributed by atoms with van der Waals surface area (Å²) in [6.45, 7) is 2.40. The molecule has 0 aliphatic carbocycles. The third kappa shape index (κ3) is 4.68. The summed E-state index contributed by atoms with van der Waals surface area (Å²) < 4.78 is 7.14. The minimum atomic E-state index is -0.674. The number of likely N-dealkylation sites (tertiary alicyclic amines) is 1. The largest absolute Gasteiger partial charge is 0.497 e. The van der Waals surface area contributed by atoms with Gasteiger partial charge >= 0.3 is 11.8 Å². The van der Waals surface area contributed by atoms with E-state index in [1.807, 2.05) is 19.3 Å². The van der Waals surface area contributed by atoms with E-state index in [1.165, 1.54) is 0 Å². The van der Waals surface area contributed by atoms with Crippen LogP contribution in [0, 0.1) is 0 Å². The van der Waals surface area contributed by atoms with Crippen molar-refractivity contribution in [2.45, 2.75) is 18.9 Å². The minimum Gasteiger partial charge on any atom is -0.497 e. The van der Waals surface area contributed by atoms with Gasteiger partial charge in [0.15, 0.2) is 0 Å². The second-order valence-corrected chi connectivity index (χ2v) is 6.70. The Labute approximate surface area is 159 Å². The molecule has 0 bridgehead atoms. The predicted octanol–water partition coefficient (Wildman–Crippen LogP) is 1.93. The maximum Gasteiger partial charge on any atom is 0.313 e. The molecule has 1 saturated heterocycles. The van der Waals surface area contributed by atoms with Gasteiger partial charge in [0.05, 0.1) is 13.2 Å². The van der Waals surface area contributed by atoms with Crippen LogP contribution in [0.3, 0.4) is 0 Å². The number of nitrogens with zero attached hydrogens (tertiary/aromatic N) is 2. The zero-order chi connectivity index (χ0) is 19.2. The normalized spacial score (nSPS) is 15.3. The second kappa shape index (κ2) is 8.73. The Morgan fingerprint density at radius 2 is 1.81 bits per heavy atom. The van der Waals surface area contributed by atoms with Crippen LogP contribution in [0.25, 0.3) is 0 Å². The van der Waals surface area contributed by atoms with E-state index in [4.69, 9.17) is 4.74 Å². The average molecular weight is 370 g/mol. The van der Waals surface area contributed by atoms with Crippen molar-refractivity contribution in [2.75, 3.05) is 32.1 Å². The Morgan fingerprint density at radius 1 is 1.11 bits per heavy atom. The van der Waals surface area contributed by atoms with Crippen LogP contribution in [0.5, 0.6) is 5.75 Å². The maximum atomic E-state index is 12.3. The molecule has 27 heavy (non-hydrogen) atoms. The van der Waals surface area contributed by atoms with Crippen molar-refractivity contribution >= 4 is 17.5 Å². The molecular formula is C20H26N4O3. The first-order chi connectivity index (χ1) is 13.1. The van der Waals surface area contributed by atoms with Crippen molar-refractivity contribution in [3.8, 4) is 5.75 Å². The summed E-state index contributed by atoms with van der Waals surface area (Å²) in [7, 11) is 3.57. The first-order valence-corrected chi connectivity index (χ1v) is 9.17. The lowest BCUT2D eigenvalue weighted by molar-refractivity contribution is -0.136. The molecule has 0 spiro atoms. The second-order valence-electron chi connectivity index (χ2n) is 6.70. The first kappa shape index (κ1) is 19.0. The number of nitrogens with one attached hydrogen (secondary N) is 2. The molecule has 7 heteroatoms. The summed E-state index contributed by atoms with van der Waals surface area (Å²) >= 11 is 0. The number of carbonyl (C=O) groups excluding carboxylic acids is 2. The number of methoxy groups -OCH3 is 1. The molecule has 2 N–H and O–H groups in total. The summed E-state index contributed by atoms with van der Waals surface area (Å²) in [5.41, 5.74) is 1.68. The van der Waals surface area contributed by atoms with Gasteiger partial charge in [-0.1, -0.05) is 0 Å². The van der Waals surface area contributed by atoms with Crippen LogP contribution < -0.4 is 15.4 Å². The monoisotopic (exact) mass is 370 g/mol. The number of benzene rings is 1. The van der Waals surface area contributed by atoms with E-state index in [0.717, 1.165) is 31.6 Å². The molecule has 0 radical (unpaired) electrons. The van der Waals surface area contributed by atoms with Crippen LogP contribution >= 0.6 is 0 Å². The number of anilines is 1. The van der Waals surface area contributed by atoms with E-state index in [-0.39, 0.29) is 6.04 Å². The highest BCUT2D eigenvalue weighted by molar-refractivity contribution is 6.39. The smallest absolute Gasteiger partial charge is 0.313 e. The molecule has 7 nitrogen and oxygen atoms in total. The van der Waals surface area contributed by atoms with Gasteiger partial charge in [0.1, 0.15) is 5.75 Å². The van der Waals surface area contributed by atoms with E-state index in [9.17, 15) is 9.59 Å². The molecule has 2 aromatic rings. The van der Waals surface area contributed by atoms with Gasteiger partial charge in [-0.3, -0.25) is 14.5 Å². The molecular weight excluding hydrogens is 344 g/mol. The Balaban J connectivity index is 1.59. The molecule has 1 aromatic heterocycles. The van der Waals surface area contributed by atoms with Gasteiger partial charge < -0.3 is 19.9 Å². The topological polar surface area (TPSA) is 75.6 Å². The summed E-state index contributed by atoms with van der Waals surface area (Å²) in [6.07, 6.45) is 4.32. The molecule has 1 aliphatic heterocycles.